The molecule has 0 saturated carbocycles. The maximum absolute atomic E-state index is 12.9. The molecule has 0 bridgehead atoms. The van der Waals surface area contributed by atoms with Crippen molar-refractivity contribution in [3.8, 4) is 11.1 Å². The van der Waals surface area contributed by atoms with E-state index in [1.54, 1.807) is 19.9 Å². The summed E-state index contributed by atoms with van der Waals surface area (Å²) in [6.45, 7) is 4.19. The summed E-state index contributed by atoms with van der Waals surface area (Å²) in [5, 5.41) is 12.4. The van der Waals surface area contributed by atoms with E-state index in [9.17, 15) is 19.5 Å². The van der Waals surface area contributed by atoms with Crippen LogP contribution >= 0.6 is 0 Å². The topological polar surface area (TPSA) is 95.9 Å². The van der Waals surface area contributed by atoms with Gasteiger partial charge in [0.2, 0.25) is 5.91 Å². The van der Waals surface area contributed by atoms with Crippen LogP contribution in [-0.4, -0.2) is 53.2 Å². The fourth-order valence-electron chi connectivity index (χ4n) is 5.15. The van der Waals surface area contributed by atoms with Crippen molar-refractivity contribution in [2.45, 2.75) is 44.6 Å². The number of nitrogens with zero attached hydrogens (tertiary/aromatic N) is 1. The Labute approximate surface area is 199 Å². The summed E-state index contributed by atoms with van der Waals surface area (Å²) in [4.78, 5) is 38.5. The van der Waals surface area contributed by atoms with Crippen LogP contribution in [0.4, 0.5) is 4.79 Å². The van der Waals surface area contributed by atoms with E-state index in [-0.39, 0.29) is 25.0 Å². The van der Waals surface area contributed by atoms with E-state index in [1.165, 1.54) is 4.90 Å². The molecule has 2 aliphatic rings. The number of amides is 2. The van der Waals surface area contributed by atoms with Crippen molar-refractivity contribution in [3.05, 3.63) is 71.3 Å². The molecule has 1 fully saturated rings. The second-order valence-corrected chi connectivity index (χ2v) is 8.84. The molecule has 0 aromatic heterocycles. The standard InChI is InChI=1S/C27H30N2O5/c1-3-27(25(31)32)14-8-16-29(27)24(30)18(2)13-15-28-26(33)34-17-23-21-11-6-4-9-19(21)20-10-5-7-12-22(20)23/h4-7,9-13,23H,3,8,14-17H2,1-2H3,(H,28,33)(H,31,32)/b18-13+. The van der Waals surface area contributed by atoms with Crippen molar-refractivity contribution in [1.82, 2.24) is 10.2 Å². The number of alkyl carbamates (subject to hydrolysis) is 1. The first-order valence-electron chi connectivity index (χ1n) is 11.7. The zero-order valence-corrected chi connectivity index (χ0v) is 19.5. The highest BCUT2D eigenvalue weighted by atomic mass is 16.5. The number of carboxylic acids is 1. The van der Waals surface area contributed by atoms with Gasteiger partial charge in [-0.15, -0.1) is 0 Å². The van der Waals surface area contributed by atoms with Crippen LogP contribution in [0.25, 0.3) is 11.1 Å². The summed E-state index contributed by atoms with van der Waals surface area (Å²) in [5.41, 5.74) is 3.86. The van der Waals surface area contributed by atoms with Gasteiger partial charge in [-0.3, -0.25) is 4.79 Å². The number of carbonyl (C=O) groups is 3. The number of carboxylic acid groups (broad SMARTS) is 1. The van der Waals surface area contributed by atoms with Gasteiger partial charge < -0.3 is 20.1 Å². The monoisotopic (exact) mass is 462 g/mol. The Morgan fingerprint density at radius 3 is 2.32 bits per heavy atom. The number of fused-ring (bicyclic) bond motifs is 3. The third-order valence-corrected chi connectivity index (χ3v) is 7.05. The molecular formula is C27H30N2O5. The average Bonchev–Trinajstić information content (AvgIpc) is 3.42. The summed E-state index contributed by atoms with van der Waals surface area (Å²) < 4.78 is 5.51. The summed E-state index contributed by atoms with van der Waals surface area (Å²) in [7, 11) is 0. The van der Waals surface area contributed by atoms with E-state index in [2.05, 4.69) is 29.6 Å². The molecule has 178 valence electrons. The largest absolute Gasteiger partial charge is 0.479 e. The Hall–Kier alpha value is -3.61. The number of rotatable bonds is 7. The molecule has 1 unspecified atom stereocenters. The lowest BCUT2D eigenvalue weighted by atomic mass is 9.92. The van der Waals surface area contributed by atoms with E-state index >= 15 is 0 Å². The predicted molar refractivity (Wildman–Crippen MR) is 128 cm³/mol. The van der Waals surface area contributed by atoms with Gasteiger partial charge in [0.15, 0.2) is 0 Å². The number of nitrogens with one attached hydrogen (secondary N) is 1. The van der Waals surface area contributed by atoms with Gasteiger partial charge in [-0.2, -0.15) is 0 Å². The lowest BCUT2D eigenvalue weighted by Crippen LogP contribution is -2.53. The third-order valence-electron chi connectivity index (χ3n) is 7.05. The summed E-state index contributed by atoms with van der Waals surface area (Å²) in [6, 6.07) is 16.3. The average molecular weight is 463 g/mol. The van der Waals surface area contributed by atoms with Gasteiger partial charge in [0.05, 0.1) is 0 Å². The number of ether oxygens (including phenoxy) is 1. The summed E-state index contributed by atoms with van der Waals surface area (Å²) in [5.74, 6) is -1.30. The van der Waals surface area contributed by atoms with Crippen molar-refractivity contribution in [1.29, 1.82) is 0 Å². The first-order valence-corrected chi connectivity index (χ1v) is 11.7. The zero-order chi connectivity index (χ0) is 24.3. The van der Waals surface area contributed by atoms with E-state index < -0.39 is 17.6 Å². The second kappa shape index (κ2) is 9.71. The van der Waals surface area contributed by atoms with Crippen molar-refractivity contribution in [3.63, 3.8) is 0 Å². The highest BCUT2D eigenvalue weighted by molar-refractivity contribution is 5.97. The highest BCUT2D eigenvalue weighted by Gasteiger charge is 2.48. The molecule has 1 heterocycles. The Balaban J connectivity index is 1.33. The Morgan fingerprint density at radius 2 is 1.74 bits per heavy atom. The summed E-state index contributed by atoms with van der Waals surface area (Å²) >= 11 is 0. The van der Waals surface area contributed by atoms with Gasteiger partial charge in [-0.05, 0) is 48.4 Å². The molecule has 1 atom stereocenters. The van der Waals surface area contributed by atoms with Gasteiger partial charge in [0.25, 0.3) is 0 Å². The maximum atomic E-state index is 12.9. The molecule has 34 heavy (non-hydrogen) atoms. The van der Waals surface area contributed by atoms with Crippen LogP contribution in [0.3, 0.4) is 0 Å². The fourth-order valence-corrected chi connectivity index (χ4v) is 5.15. The Kier molecular flexibility index (Phi) is 6.72. The van der Waals surface area contributed by atoms with Crippen molar-refractivity contribution >= 4 is 18.0 Å². The maximum Gasteiger partial charge on any atom is 0.407 e. The molecule has 1 aliphatic carbocycles. The molecule has 2 N–H and O–H groups in total. The molecule has 0 spiro atoms. The lowest BCUT2D eigenvalue weighted by molar-refractivity contribution is -0.155. The molecule has 7 nitrogen and oxygen atoms in total. The number of aliphatic carboxylic acids is 1. The van der Waals surface area contributed by atoms with E-state index in [0.29, 0.717) is 31.4 Å². The first-order chi connectivity index (χ1) is 16.4. The minimum atomic E-state index is -1.15. The molecule has 0 radical (unpaired) electrons. The lowest BCUT2D eigenvalue weighted by Gasteiger charge is -2.34. The van der Waals surface area contributed by atoms with Crippen LogP contribution in [-0.2, 0) is 14.3 Å². The van der Waals surface area contributed by atoms with Crippen LogP contribution in [0.5, 0.6) is 0 Å². The van der Waals surface area contributed by atoms with Crippen LogP contribution < -0.4 is 5.32 Å². The molecule has 2 aromatic carbocycles. The van der Waals surface area contributed by atoms with Gasteiger partial charge >= 0.3 is 12.1 Å². The molecule has 2 aromatic rings. The van der Waals surface area contributed by atoms with Crippen LogP contribution in [0.1, 0.15) is 50.2 Å². The number of benzene rings is 2. The third kappa shape index (κ3) is 4.18. The molecule has 1 aliphatic heterocycles. The van der Waals surface area contributed by atoms with Gasteiger partial charge in [0, 0.05) is 24.6 Å². The molecular weight excluding hydrogens is 432 g/mol. The minimum absolute atomic E-state index is 0.0228. The number of hydrogen-bond donors (Lipinski definition) is 2. The molecule has 1 saturated heterocycles. The van der Waals surface area contributed by atoms with Crippen molar-refractivity contribution in [2.75, 3.05) is 19.7 Å². The Bertz CT molecular complexity index is 1100. The first kappa shape index (κ1) is 23.5. The quantitative estimate of drug-likeness (QED) is 0.597. The number of likely N-dealkylation sites (tertiary alicyclic amines) is 1. The van der Waals surface area contributed by atoms with Crippen LogP contribution in [0.15, 0.2) is 60.2 Å². The second-order valence-electron chi connectivity index (χ2n) is 8.84. The van der Waals surface area contributed by atoms with E-state index in [1.807, 2.05) is 24.3 Å². The molecule has 7 heteroatoms. The van der Waals surface area contributed by atoms with Crippen molar-refractivity contribution < 1.29 is 24.2 Å². The van der Waals surface area contributed by atoms with Crippen LogP contribution in [0, 0.1) is 0 Å². The summed E-state index contributed by atoms with van der Waals surface area (Å²) in [6.07, 6.45) is 2.52. The smallest absolute Gasteiger partial charge is 0.407 e. The SMILES string of the molecule is CCC1(C(=O)O)CCCN1C(=O)/C(C)=C/CNC(=O)OCC1c2ccccc2-c2ccccc21. The highest BCUT2D eigenvalue weighted by Crippen LogP contribution is 2.44. The molecule has 2 amide bonds. The van der Waals surface area contributed by atoms with Crippen LogP contribution in [0.2, 0.25) is 0 Å². The predicted octanol–water partition coefficient (Wildman–Crippen LogP) is 4.33. The van der Waals surface area contributed by atoms with Gasteiger partial charge in [0.1, 0.15) is 12.1 Å². The minimum Gasteiger partial charge on any atom is -0.479 e. The van der Waals surface area contributed by atoms with E-state index in [4.69, 9.17) is 4.74 Å². The normalized spacial score (nSPS) is 19.5. The molecule has 4 rings (SSSR count). The number of hydrogen-bond acceptors (Lipinski definition) is 4. The van der Waals surface area contributed by atoms with Gasteiger partial charge in [-0.25, -0.2) is 9.59 Å². The van der Waals surface area contributed by atoms with Crippen molar-refractivity contribution in [2.24, 2.45) is 0 Å². The zero-order valence-electron chi connectivity index (χ0n) is 19.5. The Morgan fingerprint density at radius 1 is 1.12 bits per heavy atom. The fraction of sp³-hybridized carbons (Fsp3) is 0.370. The van der Waals surface area contributed by atoms with Gasteiger partial charge in [-0.1, -0.05) is 61.5 Å². The number of carbonyl (C=O) groups excluding carboxylic acids is 2. The van der Waals surface area contributed by atoms with E-state index in [0.717, 1.165) is 22.3 Å².